The molecule has 0 saturated carbocycles. The zero-order valence-corrected chi connectivity index (χ0v) is 13.0. The van der Waals surface area contributed by atoms with Crippen molar-refractivity contribution in [3.63, 3.8) is 0 Å². The van der Waals surface area contributed by atoms with Gasteiger partial charge < -0.3 is 10.5 Å². The minimum absolute atomic E-state index is 0.361. The van der Waals surface area contributed by atoms with Crippen LogP contribution in [0.1, 0.15) is 31.1 Å². The summed E-state index contributed by atoms with van der Waals surface area (Å²) in [5.74, 6) is -0.361. The van der Waals surface area contributed by atoms with E-state index in [2.05, 4.69) is 0 Å². The molecule has 0 fully saturated rings. The number of benzene rings is 1. The molecule has 0 saturated heterocycles. The Hall–Kier alpha value is -0.810. The average Bonchev–Trinajstić information content (AvgIpc) is 2.25. The number of carbonyl (C=O) groups is 1. The van der Waals surface area contributed by atoms with E-state index in [4.69, 9.17) is 10.5 Å². The van der Waals surface area contributed by atoms with Gasteiger partial charge in [-0.05, 0) is 45.4 Å². The fourth-order valence-corrected chi connectivity index (χ4v) is 3.15. The zero-order chi connectivity index (χ0) is 13.9. The van der Waals surface area contributed by atoms with Crippen LogP contribution < -0.4 is 5.73 Å². The van der Waals surface area contributed by atoms with E-state index in [0.717, 1.165) is 9.79 Å². The normalized spacial score (nSPS) is 11.4. The van der Waals surface area contributed by atoms with Crippen LogP contribution in [-0.2, 0) is 4.74 Å². The Morgan fingerprint density at radius 2 is 1.83 bits per heavy atom. The number of rotatable bonds is 3. The third-order valence-electron chi connectivity index (χ3n) is 2.18. The van der Waals surface area contributed by atoms with Gasteiger partial charge in [-0.3, -0.25) is 0 Å². The second-order valence-corrected chi connectivity index (χ2v) is 6.43. The van der Waals surface area contributed by atoms with Gasteiger partial charge in [-0.25, -0.2) is 4.79 Å². The lowest BCUT2D eigenvalue weighted by atomic mass is 10.1. The lowest BCUT2D eigenvalue weighted by molar-refractivity contribution is 0.00664. The van der Waals surface area contributed by atoms with Gasteiger partial charge in [-0.2, -0.15) is 0 Å². The molecule has 0 atom stereocenters. The number of hydrogen-bond donors (Lipinski definition) is 1. The largest absolute Gasteiger partial charge is 0.456 e. The van der Waals surface area contributed by atoms with Crippen molar-refractivity contribution in [1.82, 2.24) is 0 Å². The van der Waals surface area contributed by atoms with Gasteiger partial charge in [0.25, 0.3) is 0 Å². The summed E-state index contributed by atoms with van der Waals surface area (Å²) in [4.78, 5) is 14.1. The Morgan fingerprint density at radius 1 is 1.22 bits per heavy atom. The van der Waals surface area contributed by atoms with Crippen molar-refractivity contribution in [2.45, 2.75) is 36.2 Å². The maximum absolute atomic E-state index is 12.2. The summed E-state index contributed by atoms with van der Waals surface area (Å²) in [7, 11) is 0. The molecule has 1 aromatic rings. The molecular weight excluding hydrogens is 266 g/mol. The van der Waals surface area contributed by atoms with E-state index in [-0.39, 0.29) is 5.97 Å². The summed E-state index contributed by atoms with van der Waals surface area (Å²) in [6.07, 6.45) is 3.91. The first kappa shape index (κ1) is 15.2. The molecule has 18 heavy (non-hydrogen) atoms. The molecule has 100 valence electrons. The lowest BCUT2D eigenvalue weighted by Crippen LogP contribution is -2.25. The number of thioether (sulfide) groups is 2. The van der Waals surface area contributed by atoms with Crippen molar-refractivity contribution >= 4 is 35.2 Å². The Kier molecular flexibility index (Phi) is 4.99. The van der Waals surface area contributed by atoms with E-state index in [1.165, 1.54) is 11.8 Å². The molecule has 0 spiro atoms. The standard InChI is InChI=1S/C13H19NO2S2/c1-13(2,3)16-12(15)10-8(14)6-7-9(17-4)11(10)18-5/h6-7H,14H2,1-5H3. The van der Waals surface area contributed by atoms with Gasteiger partial charge in [0.05, 0.1) is 5.56 Å². The molecule has 1 aromatic carbocycles. The minimum atomic E-state index is -0.519. The number of ether oxygens (including phenoxy) is 1. The topological polar surface area (TPSA) is 52.3 Å². The Balaban J connectivity index is 3.26. The first-order valence-electron chi connectivity index (χ1n) is 5.54. The van der Waals surface area contributed by atoms with Crippen molar-refractivity contribution in [2.75, 3.05) is 18.2 Å². The van der Waals surface area contributed by atoms with Crippen molar-refractivity contribution in [3.05, 3.63) is 17.7 Å². The third-order valence-corrected chi connectivity index (χ3v) is 3.92. The van der Waals surface area contributed by atoms with Crippen LogP contribution in [0.15, 0.2) is 21.9 Å². The number of carbonyl (C=O) groups excluding carboxylic acids is 1. The maximum atomic E-state index is 12.2. The highest BCUT2D eigenvalue weighted by Gasteiger charge is 2.23. The SMILES string of the molecule is CSc1ccc(N)c(C(=O)OC(C)(C)C)c1SC. The van der Waals surface area contributed by atoms with E-state index < -0.39 is 5.60 Å². The highest BCUT2D eigenvalue weighted by atomic mass is 32.2. The highest BCUT2D eigenvalue weighted by Crippen LogP contribution is 2.35. The Morgan fingerprint density at radius 3 is 2.28 bits per heavy atom. The smallest absolute Gasteiger partial charge is 0.341 e. The second kappa shape index (κ2) is 5.89. The van der Waals surface area contributed by atoms with Gasteiger partial charge in [0, 0.05) is 15.5 Å². The van der Waals surface area contributed by atoms with Crippen molar-refractivity contribution in [1.29, 1.82) is 0 Å². The number of nitrogen functional groups attached to an aromatic ring is 1. The first-order valence-corrected chi connectivity index (χ1v) is 7.99. The first-order chi connectivity index (χ1) is 8.30. The third kappa shape index (κ3) is 3.59. The number of anilines is 1. The van der Waals surface area contributed by atoms with Crippen LogP contribution in [0, 0.1) is 0 Å². The van der Waals surface area contributed by atoms with E-state index in [0.29, 0.717) is 11.3 Å². The molecule has 0 amide bonds. The zero-order valence-electron chi connectivity index (χ0n) is 11.4. The van der Waals surface area contributed by atoms with Crippen molar-refractivity contribution in [3.8, 4) is 0 Å². The molecule has 0 aliphatic heterocycles. The van der Waals surface area contributed by atoms with Crippen LogP contribution in [0.4, 0.5) is 5.69 Å². The molecule has 0 bridgehead atoms. The molecule has 0 radical (unpaired) electrons. The van der Waals surface area contributed by atoms with Crippen molar-refractivity contribution in [2.24, 2.45) is 0 Å². The van der Waals surface area contributed by atoms with E-state index in [1.807, 2.05) is 39.3 Å². The van der Waals surface area contributed by atoms with Gasteiger partial charge in [0.15, 0.2) is 0 Å². The lowest BCUT2D eigenvalue weighted by Gasteiger charge is -2.21. The molecule has 5 heteroatoms. The Labute approximate surface area is 117 Å². The predicted octanol–water partition coefficient (Wildman–Crippen LogP) is 3.67. The minimum Gasteiger partial charge on any atom is -0.456 e. The average molecular weight is 285 g/mol. The van der Waals surface area contributed by atoms with Crippen LogP contribution in [-0.4, -0.2) is 24.1 Å². The molecule has 1 rings (SSSR count). The molecule has 0 unspecified atom stereocenters. The van der Waals surface area contributed by atoms with Crippen LogP contribution in [0.5, 0.6) is 0 Å². The molecule has 0 aromatic heterocycles. The maximum Gasteiger partial charge on any atom is 0.341 e. The summed E-state index contributed by atoms with van der Waals surface area (Å²) in [6.45, 7) is 5.54. The summed E-state index contributed by atoms with van der Waals surface area (Å²) < 4.78 is 5.41. The molecular formula is C13H19NO2S2. The number of nitrogens with two attached hydrogens (primary N) is 1. The summed E-state index contributed by atoms with van der Waals surface area (Å²) in [5, 5.41) is 0. The number of esters is 1. The highest BCUT2D eigenvalue weighted by molar-refractivity contribution is 8.01. The van der Waals surface area contributed by atoms with Gasteiger partial charge in [-0.1, -0.05) is 0 Å². The van der Waals surface area contributed by atoms with Gasteiger partial charge in [0.2, 0.25) is 0 Å². The molecule has 0 heterocycles. The predicted molar refractivity (Wildman–Crippen MR) is 79.6 cm³/mol. The van der Waals surface area contributed by atoms with Crippen LogP contribution in [0.2, 0.25) is 0 Å². The van der Waals surface area contributed by atoms with E-state index in [1.54, 1.807) is 17.8 Å². The molecule has 3 nitrogen and oxygen atoms in total. The van der Waals surface area contributed by atoms with Crippen LogP contribution in [0.3, 0.4) is 0 Å². The molecule has 0 aliphatic carbocycles. The summed E-state index contributed by atoms with van der Waals surface area (Å²) >= 11 is 3.11. The molecule has 2 N–H and O–H groups in total. The second-order valence-electron chi connectivity index (χ2n) is 4.77. The fraction of sp³-hybridized carbons (Fsp3) is 0.462. The summed E-state index contributed by atoms with van der Waals surface area (Å²) in [5.41, 5.74) is 6.34. The quantitative estimate of drug-likeness (QED) is 0.522. The van der Waals surface area contributed by atoms with E-state index >= 15 is 0 Å². The monoisotopic (exact) mass is 285 g/mol. The van der Waals surface area contributed by atoms with Gasteiger partial charge >= 0.3 is 5.97 Å². The fourth-order valence-electron chi connectivity index (χ4n) is 1.48. The number of hydrogen-bond acceptors (Lipinski definition) is 5. The summed E-state index contributed by atoms with van der Waals surface area (Å²) in [6, 6.07) is 3.69. The van der Waals surface area contributed by atoms with E-state index in [9.17, 15) is 4.79 Å². The van der Waals surface area contributed by atoms with Crippen molar-refractivity contribution < 1.29 is 9.53 Å². The molecule has 0 aliphatic rings. The van der Waals surface area contributed by atoms with Gasteiger partial charge in [0.1, 0.15) is 5.60 Å². The van der Waals surface area contributed by atoms with Gasteiger partial charge in [-0.15, -0.1) is 23.5 Å². The van der Waals surface area contributed by atoms with Crippen LogP contribution >= 0.6 is 23.5 Å². The Bertz CT molecular complexity index is 453. The van der Waals surface area contributed by atoms with Crippen LogP contribution in [0.25, 0.3) is 0 Å².